The number of carbonyl (C=O) groups excluding carboxylic acids is 2. The van der Waals surface area contributed by atoms with Crippen molar-refractivity contribution in [3.8, 4) is 0 Å². The second-order valence-electron chi connectivity index (χ2n) is 7.23. The van der Waals surface area contributed by atoms with Crippen LogP contribution in [-0.2, 0) is 17.6 Å². The zero-order chi connectivity index (χ0) is 18.8. The van der Waals surface area contributed by atoms with Gasteiger partial charge in [-0.3, -0.25) is 4.79 Å². The van der Waals surface area contributed by atoms with Crippen LogP contribution in [0.4, 0.5) is 0 Å². The molecule has 4 heteroatoms. The normalized spacial score (nSPS) is 17.7. The molecule has 0 fully saturated rings. The number of nitrogens with one attached hydrogen (secondary N) is 1. The summed E-state index contributed by atoms with van der Waals surface area (Å²) in [6.45, 7) is 7.81. The summed E-state index contributed by atoms with van der Waals surface area (Å²) in [7, 11) is 0. The smallest absolute Gasteiger partial charge is 0.355 e. The van der Waals surface area contributed by atoms with Gasteiger partial charge in [-0.2, -0.15) is 0 Å². The van der Waals surface area contributed by atoms with E-state index < -0.39 is 0 Å². The molecule has 1 aliphatic carbocycles. The molecule has 1 N–H and O–H groups in total. The fourth-order valence-corrected chi connectivity index (χ4v) is 3.62. The molecule has 0 amide bonds. The monoisotopic (exact) mass is 353 g/mol. The zero-order valence-corrected chi connectivity index (χ0v) is 16.0. The first-order chi connectivity index (χ1) is 12.4. The molecule has 0 radical (unpaired) electrons. The van der Waals surface area contributed by atoms with E-state index in [1.807, 2.05) is 20.8 Å². The second-order valence-corrected chi connectivity index (χ2v) is 7.23. The lowest BCUT2D eigenvalue weighted by Gasteiger charge is -2.22. The van der Waals surface area contributed by atoms with Gasteiger partial charge < -0.3 is 9.72 Å². The number of Topliss-reactive ketones (excluding diaryl/α,β-unsaturated/α-hetero) is 1. The van der Waals surface area contributed by atoms with Gasteiger partial charge in [0.15, 0.2) is 5.78 Å². The van der Waals surface area contributed by atoms with Crippen molar-refractivity contribution in [2.45, 2.75) is 65.4 Å². The topological polar surface area (TPSA) is 59.2 Å². The minimum Gasteiger partial charge on any atom is -0.458 e. The highest BCUT2D eigenvalue weighted by Gasteiger charge is 2.32. The van der Waals surface area contributed by atoms with Gasteiger partial charge in [0.1, 0.15) is 5.69 Å². The Bertz CT molecular complexity index is 817. The molecule has 3 rings (SSSR count). The van der Waals surface area contributed by atoms with Gasteiger partial charge in [0.25, 0.3) is 0 Å². The van der Waals surface area contributed by atoms with E-state index in [2.05, 4.69) is 36.2 Å². The number of fused-ring (bicyclic) bond motifs is 1. The zero-order valence-electron chi connectivity index (χ0n) is 16.0. The summed E-state index contributed by atoms with van der Waals surface area (Å²) in [6.07, 6.45) is 2.86. The highest BCUT2D eigenvalue weighted by atomic mass is 16.5. The van der Waals surface area contributed by atoms with Gasteiger partial charge in [-0.1, -0.05) is 38.1 Å². The summed E-state index contributed by atoms with van der Waals surface area (Å²) in [5, 5.41) is 0. The van der Waals surface area contributed by atoms with E-state index in [1.165, 1.54) is 11.1 Å². The maximum absolute atomic E-state index is 12.8. The van der Waals surface area contributed by atoms with Crippen LogP contribution < -0.4 is 0 Å². The molecule has 0 bridgehead atoms. The van der Waals surface area contributed by atoms with Crippen molar-refractivity contribution in [2.75, 3.05) is 0 Å². The Morgan fingerprint density at radius 2 is 1.92 bits per heavy atom. The highest BCUT2D eigenvalue weighted by molar-refractivity contribution is 6.03. The van der Waals surface area contributed by atoms with Gasteiger partial charge in [-0.15, -0.1) is 0 Å². The Kier molecular flexibility index (Phi) is 5.30. The molecule has 2 atom stereocenters. The minimum absolute atomic E-state index is 0.104. The van der Waals surface area contributed by atoms with Crippen LogP contribution in [0, 0.1) is 6.92 Å². The van der Waals surface area contributed by atoms with Gasteiger partial charge in [-0.25, -0.2) is 4.79 Å². The molecule has 0 saturated carbocycles. The number of H-pyrrole nitrogens is 1. The minimum atomic E-state index is -0.372. The molecule has 0 aliphatic heterocycles. The maximum atomic E-state index is 12.8. The Labute approximate surface area is 155 Å². The number of hydrogen-bond acceptors (Lipinski definition) is 3. The third kappa shape index (κ3) is 3.46. The van der Waals surface area contributed by atoms with E-state index in [0.717, 1.165) is 30.5 Å². The van der Waals surface area contributed by atoms with Gasteiger partial charge >= 0.3 is 5.97 Å². The molecule has 0 spiro atoms. The van der Waals surface area contributed by atoms with Crippen molar-refractivity contribution >= 4 is 11.8 Å². The summed E-state index contributed by atoms with van der Waals surface area (Å²) in [4.78, 5) is 28.4. The van der Waals surface area contributed by atoms with Gasteiger partial charge in [0.05, 0.1) is 6.10 Å². The lowest BCUT2D eigenvalue weighted by molar-refractivity contribution is 0.0327. The third-order valence-electron chi connectivity index (χ3n) is 5.44. The number of carbonyl (C=O) groups is 2. The highest BCUT2D eigenvalue weighted by Crippen LogP contribution is 2.35. The standard InChI is InChI=1S/C22H27NO3/c1-5-13(3)26-22(25)21-14(4)20-18(23-21)11-17(12-19(20)24)16-9-7-15(6-2)8-10-16/h7-10,13,17,23H,5-6,11-12H2,1-4H3/t13-,17-/m0/s1. The van der Waals surface area contributed by atoms with Crippen LogP contribution in [-0.4, -0.2) is 22.8 Å². The Morgan fingerprint density at radius 3 is 2.54 bits per heavy atom. The molecule has 4 nitrogen and oxygen atoms in total. The number of esters is 1. The third-order valence-corrected chi connectivity index (χ3v) is 5.44. The fraction of sp³-hybridized carbons (Fsp3) is 0.455. The molecule has 0 saturated heterocycles. The second kappa shape index (κ2) is 7.48. The van der Waals surface area contributed by atoms with Gasteiger partial charge in [-0.05, 0) is 55.7 Å². The molecular formula is C22H27NO3. The van der Waals surface area contributed by atoms with Crippen molar-refractivity contribution in [2.24, 2.45) is 0 Å². The van der Waals surface area contributed by atoms with E-state index in [9.17, 15) is 9.59 Å². The SMILES string of the molecule is CCc1ccc([C@@H]2CC(=O)c3c([nH]c(C(=O)O[C@@H](C)CC)c3C)C2)cc1. The number of aryl methyl sites for hydroxylation is 1. The van der Waals surface area contributed by atoms with Crippen LogP contribution in [0.1, 0.15) is 82.8 Å². The molecule has 1 aromatic heterocycles. The molecule has 1 aliphatic rings. The predicted molar refractivity (Wildman–Crippen MR) is 102 cm³/mol. The van der Waals surface area contributed by atoms with E-state index in [1.54, 1.807) is 0 Å². The molecule has 138 valence electrons. The molecule has 2 aromatic rings. The number of ketones is 1. The largest absolute Gasteiger partial charge is 0.458 e. The van der Waals surface area contributed by atoms with E-state index >= 15 is 0 Å². The lowest BCUT2D eigenvalue weighted by atomic mass is 9.81. The number of hydrogen-bond donors (Lipinski definition) is 1. The van der Waals surface area contributed by atoms with Crippen molar-refractivity contribution in [3.63, 3.8) is 0 Å². The first-order valence-electron chi connectivity index (χ1n) is 9.49. The predicted octanol–water partition coefficient (Wildman–Crippen LogP) is 4.75. The Balaban J connectivity index is 1.87. The Hall–Kier alpha value is -2.36. The quantitative estimate of drug-likeness (QED) is 0.789. The lowest BCUT2D eigenvalue weighted by Crippen LogP contribution is -2.18. The Morgan fingerprint density at radius 1 is 1.23 bits per heavy atom. The summed E-state index contributed by atoms with van der Waals surface area (Å²) >= 11 is 0. The summed E-state index contributed by atoms with van der Waals surface area (Å²) in [5.41, 5.74) is 5.16. The van der Waals surface area contributed by atoms with E-state index in [-0.39, 0.29) is 23.8 Å². The van der Waals surface area contributed by atoms with E-state index in [4.69, 9.17) is 4.74 Å². The average Bonchev–Trinajstić information content (AvgIpc) is 2.98. The number of rotatable bonds is 5. The number of benzene rings is 1. The molecule has 0 unspecified atom stereocenters. The molecule has 26 heavy (non-hydrogen) atoms. The van der Waals surface area contributed by atoms with Crippen LogP contribution in [0.15, 0.2) is 24.3 Å². The van der Waals surface area contributed by atoms with Crippen molar-refractivity contribution < 1.29 is 14.3 Å². The van der Waals surface area contributed by atoms with Crippen LogP contribution in [0.25, 0.3) is 0 Å². The number of aromatic amines is 1. The number of aromatic nitrogens is 1. The first-order valence-corrected chi connectivity index (χ1v) is 9.49. The van der Waals surface area contributed by atoms with E-state index in [0.29, 0.717) is 17.7 Å². The van der Waals surface area contributed by atoms with Crippen LogP contribution in [0.5, 0.6) is 0 Å². The van der Waals surface area contributed by atoms with Gasteiger partial charge in [0, 0.05) is 17.7 Å². The first kappa shape index (κ1) is 18.4. The van der Waals surface area contributed by atoms with Crippen LogP contribution in [0.2, 0.25) is 0 Å². The number of ether oxygens (including phenoxy) is 1. The molecule has 1 heterocycles. The van der Waals surface area contributed by atoms with Crippen LogP contribution >= 0.6 is 0 Å². The summed E-state index contributed by atoms with van der Waals surface area (Å²) in [5.74, 6) is -0.118. The van der Waals surface area contributed by atoms with Crippen LogP contribution in [0.3, 0.4) is 0 Å². The van der Waals surface area contributed by atoms with Crippen molar-refractivity contribution in [3.05, 3.63) is 57.9 Å². The molecule has 1 aromatic carbocycles. The fourth-order valence-electron chi connectivity index (χ4n) is 3.62. The van der Waals surface area contributed by atoms with Gasteiger partial charge in [0.2, 0.25) is 0 Å². The average molecular weight is 353 g/mol. The van der Waals surface area contributed by atoms with Crippen molar-refractivity contribution in [1.82, 2.24) is 4.98 Å². The summed E-state index contributed by atoms with van der Waals surface area (Å²) in [6, 6.07) is 8.50. The molecular weight excluding hydrogens is 326 g/mol. The van der Waals surface area contributed by atoms with Crippen molar-refractivity contribution in [1.29, 1.82) is 0 Å². The summed E-state index contributed by atoms with van der Waals surface area (Å²) < 4.78 is 5.43. The maximum Gasteiger partial charge on any atom is 0.355 e.